The number of hydrogen-bond donors (Lipinski definition) is 1. The van der Waals surface area contributed by atoms with Crippen LogP contribution in [0, 0.1) is 6.92 Å². The number of aromatic nitrogens is 1. The molecule has 0 saturated heterocycles. The van der Waals surface area contributed by atoms with Gasteiger partial charge in [-0.1, -0.05) is 35.9 Å². The second-order valence-corrected chi connectivity index (χ2v) is 11.8. The minimum Gasteiger partial charge on any atom is -0.255 e. The third kappa shape index (κ3) is 4.71. The Bertz CT molecular complexity index is 1460. The molecule has 0 unspecified atom stereocenters. The first-order chi connectivity index (χ1) is 15.1. The first kappa shape index (κ1) is 22.5. The normalized spacial score (nSPS) is 11.9. The van der Waals surface area contributed by atoms with Gasteiger partial charge in [-0.25, -0.2) is 21.8 Å². The smallest absolute Gasteiger partial charge is 0.255 e. The van der Waals surface area contributed by atoms with Gasteiger partial charge in [0.25, 0.3) is 10.0 Å². The second-order valence-electron chi connectivity index (χ2n) is 6.91. The van der Waals surface area contributed by atoms with Crippen molar-refractivity contribution >= 4 is 47.9 Å². The summed E-state index contributed by atoms with van der Waals surface area (Å²) in [4.78, 5) is 4.54. The number of aryl methyl sites for hydroxylation is 1. The molecular weight excluding hydrogens is 488 g/mol. The summed E-state index contributed by atoms with van der Waals surface area (Å²) < 4.78 is 53.1. The van der Waals surface area contributed by atoms with Gasteiger partial charge >= 0.3 is 0 Å². The van der Waals surface area contributed by atoms with Gasteiger partial charge in [0.2, 0.25) is 9.84 Å². The molecule has 0 aliphatic rings. The van der Waals surface area contributed by atoms with E-state index in [0.29, 0.717) is 10.2 Å². The SMILES string of the molecule is Cc1csc(NS(=O)(=O)c2ccc(-c3ccc(S(=O)(=O)c4ccc(Cl)cc4)cc3)cc2)n1. The highest BCUT2D eigenvalue weighted by molar-refractivity contribution is 7.93. The van der Waals surface area contributed by atoms with Crippen molar-refractivity contribution in [3.8, 4) is 11.1 Å². The van der Waals surface area contributed by atoms with Crippen molar-refractivity contribution in [3.05, 3.63) is 88.9 Å². The first-order valence-electron chi connectivity index (χ1n) is 9.31. The maximum absolute atomic E-state index is 12.8. The lowest BCUT2D eigenvalue weighted by Gasteiger charge is -2.08. The van der Waals surface area contributed by atoms with Crippen molar-refractivity contribution in [2.45, 2.75) is 21.6 Å². The van der Waals surface area contributed by atoms with Gasteiger partial charge in [-0.15, -0.1) is 11.3 Å². The molecule has 3 aromatic carbocycles. The zero-order chi connectivity index (χ0) is 22.9. The quantitative estimate of drug-likeness (QED) is 0.379. The van der Waals surface area contributed by atoms with Crippen LogP contribution in [0.4, 0.5) is 5.13 Å². The van der Waals surface area contributed by atoms with Crippen molar-refractivity contribution in [1.82, 2.24) is 4.98 Å². The summed E-state index contributed by atoms with van der Waals surface area (Å²) in [5.41, 5.74) is 2.25. The van der Waals surface area contributed by atoms with Crippen LogP contribution in [0.2, 0.25) is 5.02 Å². The third-order valence-electron chi connectivity index (χ3n) is 4.63. The molecule has 0 bridgehead atoms. The molecule has 1 aromatic heterocycles. The second kappa shape index (κ2) is 8.67. The molecule has 164 valence electrons. The fraction of sp³-hybridized carbons (Fsp3) is 0.0455. The van der Waals surface area contributed by atoms with Crippen LogP contribution < -0.4 is 4.72 Å². The summed E-state index contributed by atoms with van der Waals surface area (Å²) >= 11 is 7.05. The maximum atomic E-state index is 12.8. The van der Waals surface area contributed by atoms with E-state index in [2.05, 4.69) is 9.71 Å². The highest BCUT2D eigenvalue weighted by Crippen LogP contribution is 2.27. The van der Waals surface area contributed by atoms with Crippen LogP contribution in [0.1, 0.15) is 5.69 Å². The van der Waals surface area contributed by atoms with E-state index < -0.39 is 19.9 Å². The standard InChI is InChI=1S/C22H17ClN2O4S3/c1-15-14-30-22(24-15)25-32(28,29)21-10-4-17(5-11-21)16-2-8-19(9-3-16)31(26,27)20-12-6-18(23)7-13-20/h2-14H,1H3,(H,24,25). The Kier molecular flexibility index (Phi) is 6.09. The number of anilines is 1. The Morgan fingerprint density at radius 3 is 1.69 bits per heavy atom. The molecule has 0 fully saturated rings. The molecule has 0 aliphatic carbocycles. The van der Waals surface area contributed by atoms with E-state index in [1.54, 1.807) is 36.6 Å². The molecule has 1 heterocycles. The number of nitrogens with one attached hydrogen (secondary N) is 1. The number of benzene rings is 3. The van der Waals surface area contributed by atoms with Gasteiger partial charge in [0.1, 0.15) is 0 Å². The lowest BCUT2D eigenvalue weighted by atomic mass is 10.1. The molecule has 1 N–H and O–H groups in total. The van der Waals surface area contributed by atoms with Gasteiger partial charge in [0.15, 0.2) is 5.13 Å². The summed E-state index contributed by atoms with van der Waals surface area (Å²) in [5.74, 6) is 0. The van der Waals surface area contributed by atoms with Crippen molar-refractivity contribution in [2.24, 2.45) is 0 Å². The minimum atomic E-state index is -3.75. The molecule has 32 heavy (non-hydrogen) atoms. The Labute approximate surface area is 195 Å². The monoisotopic (exact) mass is 504 g/mol. The molecule has 0 spiro atoms. The van der Waals surface area contributed by atoms with Crippen LogP contribution in [0.15, 0.2) is 92.9 Å². The van der Waals surface area contributed by atoms with Crippen molar-refractivity contribution in [1.29, 1.82) is 0 Å². The van der Waals surface area contributed by atoms with Gasteiger partial charge in [0.05, 0.1) is 20.4 Å². The van der Waals surface area contributed by atoms with Crippen molar-refractivity contribution < 1.29 is 16.8 Å². The summed E-state index contributed by atoms with van der Waals surface area (Å²) in [7, 11) is -7.41. The zero-order valence-corrected chi connectivity index (χ0v) is 19.9. The van der Waals surface area contributed by atoms with Gasteiger partial charge in [-0.3, -0.25) is 4.72 Å². The minimum absolute atomic E-state index is 0.107. The Balaban J connectivity index is 1.55. The number of sulfonamides is 1. The van der Waals surface area contributed by atoms with Gasteiger partial charge in [0, 0.05) is 10.4 Å². The highest BCUT2D eigenvalue weighted by atomic mass is 35.5. The molecule has 10 heteroatoms. The van der Waals surface area contributed by atoms with Gasteiger partial charge in [-0.05, 0) is 66.6 Å². The highest BCUT2D eigenvalue weighted by Gasteiger charge is 2.18. The molecule has 4 aromatic rings. The molecule has 0 radical (unpaired) electrons. The van der Waals surface area contributed by atoms with E-state index in [0.717, 1.165) is 16.8 Å². The zero-order valence-electron chi connectivity index (χ0n) is 16.7. The Hall–Kier alpha value is -2.72. The maximum Gasteiger partial charge on any atom is 0.263 e. The predicted octanol–water partition coefficient (Wildman–Crippen LogP) is 5.41. The Morgan fingerprint density at radius 2 is 1.22 bits per heavy atom. The largest absolute Gasteiger partial charge is 0.263 e. The molecule has 4 rings (SSSR count). The third-order valence-corrected chi connectivity index (χ3v) is 9.02. The number of nitrogens with zero attached hydrogens (tertiary/aromatic N) is 1. The van der Waals surface area contributed by atoms with Crippen LogP contribution in [-0.4, -0.2) is 21.8 Å². The summed E-state index contributed by atoms with van der Waals surface area (Å²) in [6.45, 7) is 1.79. The molecule has 0 atom stereocenters. The lowest BCUT2D eigenvalue weighted by Crippen LogP contribution is -2.12. The number of rotatable bonds is 6. The first-order valence-corrected chi connectivity index (χ1v) is 13.5. The average molecular weight is 505 g/mol. The van der Waals surface area contributed by atoms with Crippen LogP contribution in [-0.2, 0) is 19.9 Å². The number of thiazole rings is 1. The van der Waals surface area contributed by atoms with E-state index >= 15 is 0 Å². The molecular formula is C22H17ClN2O4S3. The number of sulfone groups is 1. The van der Waals surface area contributed by atoms with E-state index in [1.807, 2.05) is 0 Å². The average Bonchev–Trinajstić information content (AvgIpc) is 3.18. The van der Waals surface area contributed by atoms with E-state index in [1.165, 1.54) is 59.9 Å². The fourth-order valence-corrected chi connectivity index (χ4v) is 6.31. The summed E-state index contributed by atoms with van der Waals surface area (Å²) in [5, 5.41) is 2.53. The van der Waals surface area contributed by atoms with Crippen LogP contribution in [0.25, 0.3) is 11.1 Å². The molecule has 0 aliphatic heterocycles. The number of hydrogen-bond acceptors (Lipinski definition) is 6. The van der Waals surface area contributed by atoms with E-state index in [-0.39, 0.29) is 14.7 Å². The summed E-state index contributed by atoms with van der Waals surface area (Å²) in [6.07, 6.45) is 0. The van der Waals surface area contributed by atoms with Crippen LogP contribution >= 0.6 is 22.9 Å². The van der Waals surface area contributed by atoms with Crippen molar-refractivity contribution in [3.63, 3.8) is 0 Å². The van der Waals surface area contributed by atoms with Crippen LogP contribution in [0.3, 0.4) is 0 Å². The van der Waals surface area contributed by atoms with Gasteiger partial charge < -0.3 is 0 Å². The number of halogens is 1. The molecule has 6 nitrogen and oxygen atoms in total. The van der Waals surface area contributed by atoms with E-state index in [4.69, 9.17) is 11.6 Å². The van der Waals surface area contributed by atoms with Gasteiger partial charge in [-0.2, -0.15) is 0 Å². The molecule has 0 saturated carbocycles. The van der Waals surface area contributed by atoms with E-state index in [9.17, 15) is 16.8 Å². The fourth-order valence-electron chi connectivity index (χ4n) is 2.98. The molecule has 0 amide bonds. The Morgan fingerprint density at radius 1 is 0.750 bits per heavy atom. The topological polar surface area (TPSA) is 93.2 Å². The lowest BCUT2D eigenvalue weighted by molar-refractivity contribution is 0.595. The van der Waals surface area contributed by atoms with Crippen molar-refractivity contribution in [2.75, 3.05) is 4.72 Å². The van der Waals surface area contributed by atoms with Crippen LogP contribution in [0.5, 0.6) is 0 Å². The predicted molar refractivity (Wildman–Crippen MR) is 126 cm³/mol. The summed E-state index contributed by atoms with van der Waals surface area (Å²) in [6, 6.07) is 18.7.